The number of hydrogen-bond donors (Lipinski definition) is 1. The van der Waals surface area contributed by atoms with Crippen molar-refractivity contribution < 1.29 is 18.6 Å². The van der Waals surface area contributed by atoms with Gasteiger partial charge in [-0.15, -0.1) is 0 Å². The summed E-state index contributed by atoms with van der Waals surface area (Å²) >= 11 is 0. The van der Waals surface area contributed by atoms with E-state index >= 15 is 0 Å². The standard InChI is InChI=1S/C12H16FNO3/c1-15-10-4-2-3-8(12(10)13)9(14)7-11-16-5-6-17-11/h2-4,9,11H,5-7,14H2,1H3. The van der Waals surface area contributed by atoms with Gasteiger partial charge in [0.15, 0.2) is 17.9 Å². The minimum atomic E-state index is -0.465. The van der Waals surface area contributed by atoms with Crippen molar-refractivity contribution in [1.29, 1.82) is 0 Å². The van der Waals surface area contributed by atoms with Crippen LogP contribution in [0.4, 0.5) is 4.39 Å². The Bertz CT molecular complexity index is 380. The Morgan fingerprint density at radius 3 is 2.82 bits per heavy atom. The topological polar surface area (TPSA) is 53.7 Å². The Labute approximate surface area is 99.5 Å². The van der Waals surface area contributed by atoms with E-state index in [2.05, 4.69) is 0 Å². The molecule has 0 aromatic heterocycles. The highest BCUT2D eigenvalue weighted by Gasteiger charge is 2.22. The third-order valence-electron chi connectivity index (χ3n) is 2.75. The third-order valence-corrected chi connectivity index (χ3v) is 2.75. The second kappa shape index (κ2) is 5.44. The highest BCUT2D eigenvalue weighted by molar-refractivity contribution is 5.32. The van der Waals surface area contributed by atoms with Gasteiger partial charge in [-0.05, 0) is 6.07 Å². The van der Waals surface area contributed by atoms with E-state index in [1.165, 1.54) is 7.11 Å². The van der Waals surface area contributed by atoms with Crippen molar-refractivity contribution in [2.45, 2.75) is 18.8 Å². The molecule has 1 aliphatic heterocycles. The maximum atomic E-state index is 13.9. The zero-order valence-corrected chi connectivity index (χ0v) is 9.69. The fourth-order valence-electron chi connectivity index (χ4n) is 1.85. The summed E-state index contributed by atoms with van der Waals surface area (Å²) in [6, 6.07) is 4.46. The predicted molar refractivity (Wildman–Crippen MR) is 60.2 cm³/mol. The maximum Gasteiger partial charge on any atom is 0.169 e. The molecule has 0 radical (unpaired) electrons. The van der Waals surface area contributed by atoms with Gasteiger partial charge in [-0.25, -0.2) is 4.39 Å². The van der Waals surface area contributed by atoms with E-state index < -0.39 is 11.9 Å². The van der Waals surface area contributed by atoms with Crippen molar-refractivity contribution in [3.63, 3.8) is 0 Å². The lowest BCUT2D eigenvalue weighted by Crippen LogP contribution is -2.20. The molecule has 2 rings (SSSR count). The number of halogens is 1. The van der Waals surface area contributed by atoms with E-state index in [0.29, 0.717) is 25.2 Å². The van der Waals surface area contributed by atoms with Crippen molar-refractivity contribution in [3.05, 3.63) is 29.6 Å². The summed E-state index contributed by atoms with van der Waals surface area (Å²) < 4.78 is 29.4. The molecule has 1 heterocycles. The van der Waals surface area contributed by atoms with Crippen LogP contribution < -0.4 is 10.5 Å². The highest BCUT2D eigenvalue weighted by atomic mass is 19.1. The molecular formula is C12H16FNO3. The van der Waals surface area contributed by atoms with Crippen LogP contribution in [0.25, 0.3) is 0 Å². The van der Waals surface area contributed by atoms with Crippen molar-refractivity contribution in [2.75, 3.05) is 20.3 Å². The molecule has 5 heteroatoms. The minimum Gasteiger partial charge on any atom is -0.494 e. The van der Waals surface area contributed by atoms with Gasteiger partial charge in [0.05, 0.1) is 20.3 Å². The summed E-state index contributed by atoms with van der Waals surface area (Å²) in [4.78, 5) is 0. The van der Waals surface area contributed by atoms with E-state index in [1.54, 1.807) is 18.2 Å². The number of ether oxygens (including phenoxy) is 3. The second-order valence-corrected chi connectivity index (χ2v) is 3.88. The van der Waals surface area contributed by atoms with Gasteiger partial charge < -0.3 is 19.9 Å². The molecule has 0 saturated carbocycles. The Morgan fingerprint density at radius 1 is 1.47 bits per heavy atom. The summed E-state index contributed by atoms with van der Waals surface area (Å²) in [6.07, 6.45) is 0.0972. The van der Waals surface area contributed by atoms with E-state index in [1.807, 2.05) is 0 Å². The molecule has 2 N–H and O–H groups in total. The summed E-state index contributed by atoms with van der Waals surface area (Å²) in [7, 11) is 1.43. The van der Waals surface area contributed by atoms with E-state index in [0.717, 1.165) is 0 Å². The predicted octanol–water partition coefficient (Wildman–Crippen LogP) is 1.60. The fraction of sp³-hybridized carbons (Fsp3) is 0.500. The molecule has 0 aliphatic carbocycles. The first kappa shape index (κ1) is 12.3. The lowest BCUT2D eigenvalue weighted by molar-refractivity contribution is -0.0509. The van der Waals surface area contributed by atoms with Gasteiger partial charge in [0.1, 0.15) is 0 Å². The normalized spacial score (nSPS) is 18.3. The zero-order valence-electron chi connectivity index (χ0n) is 9.69. The molecule has 1 saturated heterocycles. The van der Waals surface area contributed by atoms with Gasteiger partial charge in [-0.2, -0.15) is 0 Å². The Balaban J connectivity index is 2.09. The second-order valence-electron chi connectivity index (χ2n) is 3.88. The van der Waals surface area contributed by atoms with Crippen molar-refractivity contribution in [2.24, 2.45) is 5.73 Å². The zero-order chi connectivity index (χ0) is 12.3. The SMILES string of the molecule is COc1cccc(C(N)CC2OCCO2)c1F. The maximum absolute atomic E-state index is 13.9. The molecule has 1 unspecified atom stereocenters. The van der Waals surface area contributed by atoms with Crippen LogP contribution in [0.2, 0.25) is 0 Å². The summed E-state index contributed by atoms with van der Waals surface area (Å²) in [5.74, 6) is -0.216. The average Bonchev–Trinajstić information content (AvgIpc) is 2.82. The number of nitrogens with two attached hydrogens (primary N) is 1. The first-order chi connectivity index (χ1) is 8.22. The van der Waals surface area contributed by atoms with Crippen LogP contribution in [0.5, 0.6) is 5.75 Å². The molecule has 1 aromatic carbocycles. The molecule has 1 aliphatic rings. The minimum absolute atomic E-state index is 0.200. The molecule has 0 amide bonds. The van der Waals surface area contributed by atoms with Gasteiger partial charge >= 0.3 is 0 Å². The van der Waals surface area contributed by atoms with Crippen LogP contribution in [0.3, 0.4) is 0 Å². The van der Waals surface area contributed by atoms with Crippen LogP contribution in [0.15, 0.2) is 18.2 Å². The lowest BCUT2D eigenvalue weighted by atomic mass is 10.0. The number of methoxy groups -OCH3 is 1. The van der Waals surface area contributed by atoms with Gasteiger partial charge in [0.2, 0.25) is 0 Å². The number of rotatable bonds is 4. The molecule has 17 heavy (non-hydrogen) atoms. The first-order valence-corrected chi connectivity index (χ1v) is 5.53. The monoisotopic (exact) mass is 241 g/mol. The van der Waals surface area contributed by atoms with Crippen LogP contribution in [-0.4, -0.2) is 26.6 Å². The fourth-order valence-corrected chi connectivity index (χ4v) is 1.85. The van der Waals surface area contributed by atoms with Crippen molar-refractivity contribution in [1.82, 2.24) is 0 Å². The molecule has 1 fully saturated rings. The number of benzene rings is 1. The van der Waals surface area contributed by atoms with E-state index in [9.17, 15) is 4.39 Å². The Morgan fingerprint density at radius 2 is 2.18 bits per heavy atom. The molecule has 4 nitrogen and oxygen atoms in total. The summed E-state index contributed by atoms with van der Waals surface area (Å²) in [5, 5.41) is 0. The van der Waals surface area contributed by atoms with Crippen molar-refractivity contribution >= 4 is 0 Å². The molecule has 1 atom stereocenters. The van der Waals surface area contributed by atoms with Crippen LogP contribution >= 0.6 is 0 Å². The quantitative estimate of drug-likeness (QED) is 0.869. The molecular weight excluding hydrogens is 225 g/mol. The van der Waals surface area contributed by atoms with Crippen LogP contribution in [0.1, 0.15) is 18.0 Å². The largest absolute Gasteiger partial charge is 0.494 e. The van der Waals surface area contributed by atoms with Gasteiger partial charge in [0.25, 0.3) is 0 Å². The smallest absolute Gasteiger partial charge is 0.169 e. The van der Waals surface area contributed by atoms with Gasteiger partial charge in [0, 0.05) is 18.0 Å². The molecule has 1 aromatic rings. The Kier molecular flexibility index (Phi) is 3.93. The van der Waals surface area contributed by atoms with Crippen LogP contribution in [0, 0.1) is 5.82 Å². The van der Waals surface area contributed by atoms with Gasteiger partial charge in [-0.3, -0.25) is 0 Å². The molecule has 0 bridgehead atoms. The summed E-state index contributed by atoms with van der Waals surface area (Å²) in [6.45, 7) is 1.13. The molecule has 94 valence electrons. The molecule has 0 spiro atoms. The first-order valence-electron chi connectivity index (χ1n) is 5.53. The van der Waals surface area contributed by atoms with Crippen molar-refractivity contribution in [3.8, 4) is 5.75 Å². The summed E-state index contributed by atoms with van der Waals surface area (Å²) in [5.41, 5.74) is 6.36. The Hall–Kier alpha value is -1.17. The third kappa shape index (κ3) is 2.74. The number of hydrogen-bond acceptors (Lipinski definition) is 4. The van der Waals surface area contributed by atoms with E-state index in [4.69, 9.17) is 19.9 Å². The van der Waals surface area contributed by atoms with Gasteiger partial charge in [-0.1, -0.05) is 12.1 Å². The lowest BCUT2D eigenvalue weighted by Gasteiger charge is -2.17. The van der Waals surface area contributed by atoms with Crippen LogP contribution in [-0.2, 0) is 9.47 Å². The average molecular weight is 241 g/mol. The highest BCUT2D eigenvalue weighted by Crippen LogP contribution is 2.27. The van der Waals surface area contributed by atoms with E-state index in [-0.39, 0.29) is 12.0 Å².